The van der Waals surface area contributed by atoms with Gasteiger partial charge in [-0.2, -0.15) is 0 Å². The van der Waals surface area contributed by atoms with Crippen LogP contribution in [0.3, 0.4) is 0 Å². The van der Waals surface area contributed by atoms with E-state index < -0.39 is 0 Å². The average Bonchev–Trinajstić information content (AvgIpc) is 2.46. The summed E-state index contributed by atoms with van der Waals surface area (Å²) in [5, 5.41) is 3.09. The highest BCUT2D eigenvalue weighted by Crippen LogP contribution is 2.65. The summed E-state index contributed by atoms with van der Waals surface area (Å²) in [6.07, 6.45) is 9.06. The Morgan fingerprint density at radius 2 is 1.83 bits per heavy atom. The van der Waals surface area contributed by atoms with E-state index in [1.165, 1.54) is 50.7 Å². The zero-order chi connectivity index (χ0) is 16.8. The van der Waals surface area contributed by atoms with Crippen molar-refractivity contribution >= 4 is 21.8 Å². The van der Waals surface area contributed by atoms with Crippen LogP contribution in [0.4, 0.5) is 4.39 Å². The van der Waals surface area contributed by atoms with Crippen LogP contribution in [0.25, 0.3) is 0 Å². The molecule has 1 N–H and O–H groups in total. The van der Waals surface area contributed by atoms with E-state index in [9.17, 15) is 9.18 Å². The van der Waals surface area contributed by atoms with Gasteiger partial charge in [0.25, 0.3) is 0 Å². The molecule has 0 aliphatic heterocycles. The van der Waals surface area contributed by atoms with Crippen molar-refractivity contribution in [3.05, 3.63) is 35.6 Å². The number of benzene rings is 1. The molecule has 1 aromatic carbocycles. The van der Waals surface area contributed by atoms with E-state index in [4.69, 9.17) is 0 Å². The monoisotopic (exact) mass is 393 g/mol. The number of carbonyl (C=O) groups is 1. The largest absolute Gasteiger partial charge is 0.356 e. The molecule has 4 aliphatic carbocycles. The van der Waals surface area contributed by atoms with Crippen LogP contribution in [-0.2, 0) is 11.2 Å². The third-order valence-electron chi connectivity index (χ3n) is 6.30. The molecule has 2 nitrogen and oxygen atoms in total. The van der Waals surface area contributed by atoms with E-state index >= 15 is 0 Å². The number of alkyl halides is 1. The van der Waals surface area contributed by atoms with Gasteiger partial charge in [0.1, 0.15) is 5.82 Å². The van der Waals surface area contributed by atoms with Crippen molar-refractivity contribution in [1.29, 1.82) is 0 Å². The summed E-state index contributed by atoms with van der Waals surface area (Å²) in [4.78, 5) is 12.5. The van der Waals surface area contributed by atoms with Crippen LogP contribution in [0.2, 0.25) is 0 Å². The van der Waals surface area contributed by atoms with Gasteiger partial charge in [-0.25, -0.2) is 4.39 Å². The van der Waals surface area contributed by atoms with Crippen LogP contribution in [0, 0.1) is 23.1 Å². The second-order valence-electron chi connectivity index (χ2n) is 8.52. The molecule has 5 rings (SSSR count). The zero-order valence-corrected chi connectivity index (χ0v) is 15.6. The lowest BCUT2D eigenvalue weighted by Gasteiger charge is -2.60. The van der Waals surface area contributed by atoms with Gasteiger partial charge >= 0.3 is 0 Å². The van der Waals surface area contributed by atoms with E-state index in [1.807, 2.05) is 0 Å². The molecule has 0 saturated heterocycles. The fraction of sp³-hybridized carbons (Fsp3) is 0.650. The molecule has 4 aliphatic rings. The maximum atomic E-state index is 12.9. The van der Waals surface area contributed by atoms with Gasteiger partial charge in [0, 0.05) is 17.3 Å². The average molecular weight is 394 g/mol. The third kappa shape index (κ3) is 3.40. The van der Waals surface area contributed by atoms with E-state index in [2.05, 4.69) is 21.2 Å². The maximum Gasteiger partial charge on any atom is 0.220 e. The second-order valence-corrected chi connectivity index (χ2v) is 10.2. The summed E-state index contributed by atoms with van der Waals surface area (Å²) < 4.78 is 13.2. The van der Waals surface area contributed by atoms with Crippen molar-refractivity contribution in [3.8, 4) is 0 Å². The van der Waals surface area contributed by atoms with Gasteiger partial charge in [0.15, 0.2) is 0 Å². The molecule has 24 heavy (non-hydrogen) atoms. The minimum absolute atomic E-state index is 0.190. The number of rotatable bonds is 5. The summed E-state index contributed by atoms with van der Waals surface area (Å²) in [5.74, 6) is 1.61. The molecule has 0 radical (unpaired) electrons. The van der Waals surface area contributed by atoms with Gasteiger partial charge in [-0.1, -0.05) is 28.1 Å². The lowest BCUT2D eigenvalue weighted by molar-refractivity contribution is -0.128. The Morgan fingerprint density at radius 1 is 1.17 bits per heavy atom. The van der Waals surface area contributed by atoms with Gasteiger partial charge < -0.3 is 5.32 Å². The van der Waals surface area contributed by atoms with Crippen molar-refractivity contribution < 1.29 is 9.18 Å². The topological polar surface area (TPSA) is 29.1 Å². The number of nitrogens with one attached hydrogen (secondary N) is 1. The summed E-state index contributed by atoms with van der Waals surface area (Å²) in [6, 6.07) is 6.52. The fourth-order valence-corrected chi connectivity index (χ4v) is 7.45. The minimum atomic E-state index is -0.215. The first kappa shape index (κ1) is 16.6. The molecule has 4 heteroatoms. The molecular weight excluding hydrogens is 369 g/mol. The lowest BCUT2D eigenvalue weighted by atomic mass is 9.48. The lowest BCUT2D eigenvalue weighted by Crippen LogP contribution is -2.54. The van der Waals surface area contributed by atoms with E-state index in [-0.39, 0.29) is 17.1 Å². The van der Waals surface area contributed by atoms with Crippen molar-refractivity contribution in [2.24, 2.45) is 17.3 Å². The van der Waals surface area contributed by atoms with Crippen molar-refractivity contribution in [2.45, 2.75) is 55.7 Å². The molecule has 4 bridgehead atoms. The van der Waals surface area contributed by atoms with Crippen molar-refractivity contribution in [1.82, 2.24) is 5.32 Å². The molecule has 1 amide bonds. The number of amides is 1. The molecule has 1 aromatic rings. The highest BCUT2D eigenvalue weighted by molar-refractivity contribution is 9.10. The quantitative estimate of drug-likeness (QED) is 0.727. The Hall–Kier alpha value is -0.900. The predicted molar refractivity (Wildman–Crippen MR) is 96.5 cm³/mol. The Bertz CT molecular complexity index is 615. The summed E-state index contributed by atoms with van der Waals surface area (Å²) in [7, 11) is 0. The van der Waals surface area contributed by atoms with Crippen LogP contribution < -0.4 is 5.32 Å². The van der Waals surface area contributed by atoms with Gasteiger partial charge in [-0.05, 0) is 79.9 Å². The van der Waals surface area contributed by atoms with Gasteiger partial charge in [0.2, 0.25) is 5.91 Å². The van der Waals surface area contributed by atoms with Crippen LogP contribution in [0.5, 0.6) is 0 Å². The highest BCUT2D eigenvalue weighted by Gasteiger charge is 2.57. The van der Waals surface area contributed by atoms with Crippen LogP contribution in [-0.4, -0.2) is 16.8 Å². The molecule has 0 aromatic heterocycles. The van der Waals surface area contributed by atoms with Crippen LogP contribution in [0.1, 0.15) is 50.5 Å². The summed E-state index contributed by atoms with van der Waals surface area (Å²) in [6.45, 7) is 0.632. The van der Waals surface area contributed by atoms with Gasteiger partial charge in [-0.15, -0.1) is 0 Å². The molecule has 4 atom stereocenters. The third-order valence-corrected chi connectivity index (χ3v) is 7.22. The van der Waals surface area contributed by atoms with Crippen molar-refractivity contribution in [3.63, 3.8) is 0 Å². The number of halogens is 2. The predicted octanol–water partition coefficient (Wildman–Crippen LogP) is 4.61. The number of carbonyl (C=O) groups excluding carboxylic acids is 1. The SMILES string of the molecule is O=C(CC12C[C@@H]3C[C@@H](CC(Br)(C3)C1)C2)NCCc1ccc(F)cc1. The Labute approximate surface area is 151 Å². The van der Waals surface area contributed by atoms with E-state index in [0.717, 1.165) is 23.8 Å². The number of hydrogen-bond donors (Lipinski definition) is 1. The molecule has 4 saturated carbocycles. The standard InChI is InChI=1S/C20H25BrFNO/c21-20-10-15-7-16(11-20)9-19(8-15,13-20)12-18(24)23-6-5-14-1-3-17(22)4-2-14/h1-4,15-16H,5-13H2,(H,23,24)/t15-,16+,19?,20?. The first-order valence-corrected chi connectivity index (χ1v) is 9.93. The first-order valence-electron chi connectivity index (χ1n) is 9.14. The number of hydrogen-bond acceptors (Lipinski definition) is 1. The highest BCUT2D eigenvalue weighted by atomic mass is 79.9. The molecule has 2 unspecified atom stereocenters. The van der Waals surface area contributed by atoms with E-state index in [0.29, 0.717) is 17.3 Å². The Morgan fingerprint density at radius 3 is 2.46 bits per heavy atom. The summed E-state index contributed by atoms with van der Waals surface area (Å²) >= 11 is 4.01. The molecule has 0 heterocycles. The molecule has 4 fully saturated rings. The minimum Gasteiger partial charge on any atom is -0.356 e. The normalized spacial score (nSPS) is 36.8. The fourth-order valence-electron chi connectivity index (χ4n) is 5.94. The molecule has 0 spiro atoms. The van der Waals surface area contributed by atoms with Crippen LogP contribution >= 0.6 is 15.9 Å². The zero-order valence-electron chi connectivity index (χ0n) is 14.0. The Balaban J connectivity index is 1.31. The molecular formula is C20H25BrFNO. The van der Waals surface area contributed by atoms with E-state index in [1.54, 1.807) is 12.1 Å². The Kier molecular flexibility index (Phi) is 4.22. The smallest absolute Gasteiger partial charge is 0.220 e. The second kappa shape index (κ2) is 6.12. The summed E-state index contributed by atoms with van der Waals surface area (Å²) in [5.41, 5.74) is 1.29. The maximum absolute atomic E-state index is 12.9. The van der Waals surface area contributed by atoms with Crippen LogP contribution in [0.15, 0.2) is 24.3 Å². The van der Waals surface area contributed by atoms with Gasteiger partial charge in [-0.3, -0.25) is 4.79 Å². The first-order chi connectivity index (χ1) is 11.4. The van der Waals surface area contributed by atoms with Gasteiger partial charge in [0.05, 0.1) is 0 Å². The van der Waals surface area contributed by atoms with Crippen molar-refractivity contribution in [2.75, 3.05) is 6.54 Å². The molecule has 130 valence electrons.